The van der Waals surface area contributed by atoms with Crippen LogP contribution in [0.3, 0.4) is 0 Å². The van der Waals surface area contributed by atoms with E-state index < -0.39 is 21.6 Å². The normalized spacial score (nSPS) is 12.3. The third kappa shape index (κ3) is 10.2. The van der Waals surface area contributed by atoms with Gasteiger partial charge in [0.25, 0.3) is 0 Å². The Kier molecular flexibility index (Phi) is 11.9. The van der Waals surface area contributed by atoms with E-state index in [9.17, 15) is 18.0 Å². The summed E-state index contributed by atoms with van der Waals surface area (Å²) in [5, 5.41) is 3.77. The van der Waals surface area contributed by atoms with Crippen LogP contribution in [0.5, 0.6) is 5.75 Å². The number of halogens is 2. The van der Waals surface area contributed by atoms with Gasteiger partial charge in [0.2, 0.25) is 21.8 Å². The summed E-state index contributed by atoms with van der Waals surface area (Å²) in [4.78, 5) is 29.3. The van der Waals surface area contributed by atoms with Crippen LogP contribution >= 0.6 is 23.2 Å². The molecule has 2 amide bonds. The van der Waals surface area contributed by atoms with Crippen molar-refractivity contribution in [3.63, 3.8) is 0 Å². The van der Waals surface area contributed by atoms with E-state index in [0.717, 1.165) is 11.8 Å². The van der Waals surface area contributed by atoms with Crippen LogP contribution in [-0.4, -0.2) is 56.6 Å². The number of carbonyl (C=O) groups excluding carboxylic acids is 2. The second kappa shape index (κ2) is 14.9. The van der Waals surface area contributed by atoms with Crippen molar-refractivity contribution < 1.29 is 22.7 Å². The molecule has 43 heavy (non-hydrogen) atoms. The number of amides is 2. The molecule has 0 aliphatic heterocycles. The Hall–Kier alpha value is -3.27. The molecule has 1 N–H and O–H groups in total. The molecule has 0 spiro atoms. The Bertz CT molecular complexity index is 1490. The van der Waals surface area contributed by atoms with Crippen LogP contribution in [0.4, 0.5) is 5.69 Å². The molecular formula is C32H39Cl2N3O5S. The number of benzene rings is 3. The van der Waals surface area contributed by atoms with Gasteiger partial charge in [-0.3, -0.25) is 13.9 Å². The third-order valence-corrected chi connectivity index (χ3v) is 8.56. The highest BCUT2D eigenvalue weighted by atomic mass is 35.5. The second-order valence-corrected chi connectivity index (χ2v) is 14.0. The number of carbonyl (C=O) groups is 2. The smallest absolute Gasteiger partial charge is 0.243 e. The van der Waals surface area contributed by atoms with E-state index in [1.54, 1.807) is 42.5 Å². The maximum absolute atomic E-state index is 14.0. The molecule has 0 heterocycles. The van der Waals surface area contributed by atoms with Gasteiger partial charge in [0, 0.05) is 53.1 Å². The van der Waals surface area contributed by atoms with Gasteiger partial charge in [-0.05, 0) is 57.0 Å². The zero-order valence-electron chi connectivity index (χ0n) is 25.1. The maximum atomic E-state index is 14.0. The molecule has 1 atom stereocenters. The molecule has 3 aromatic rings. The van der Waals surface area contributed by atoms with Gasteiger partial charge in [0.1, 0.15) is 11.8 Å². The quantitative estimate of drug-likeness (QED) is 0.242. The predicted molar refractivity (Wildman–Crippen MR) is 173 cm³/mol. The number of hydrogen-bond donors (Lipinski definition) is 1. The SMILES string of the molecule is COc1cccc(N(CCCC(=O)N(Cc2c(Cl)cccc2Cl)[C@@H](Cc2ccccc2)C(=O)NC(C)(C)C)S(C)(=O)=O)c1. The first kappa shape index (κ1) is 34.2. The molecular weight excluding hydrogens is 609 g/mol. The molecule has 8 nitrogen and oxygen atoms in total. The Morgan fingerprint density at radius 2 is 1.58 bits per heavy atom. The van der Waals surface area contributed by atoms with E-state index in [1.807, 2.05) is 51.1 Å². The molecule has 232 valence electrons. The summed E-state index contributed by atoms with van der Waals surface area (Å²) >= 11 is 13.0. The van der Waals surface area contributed by atoms with Crippen molar-refractivity contribution in [3.05, 3.63) is 94.0 Å². The lowest BCUT2D eigenvalue weighted by Gasteiger charge is -2.34. The number of methoxy groups -OCH3 is 1. The van der Waals surface area contributed by atoms with E-state index in [2.05, 4.69) is 5.32 Å². The van der Waals surface area contributed by atoms with Crippen LogP contribution in [-0.2, 0) is 32.6 Å². The monoisotopic (exact) mass is 647 g/mol. The van der Waals surface area contributed by atoms with Gasteiger partial charge >= 0.3 is 0 Å². The van der Waals surface area contributed by atoms with Crippen molar-refractivity contribution in [1.82, 2.24) is 10.2 Å². The van der Waals surface area contributed by atoms with Gasteiger partial charge in [0.15, 0.2) is 0 Å². The molecule has 0 saturated carbocycles. The minimum Gasteiger partial charge on any atom is -0.497 e. The summed E-state index contributed by atoms with van der Waals surface area (Å²) < 4.78 is 31.9. The number of ether oxygens (including phenoxy) is 1. The minimum absolute atomic E-state index is 0.00191. The summed E-state index contributed by atoms with van der Waals surface area (Å²) in [5.74, 6) is -0.138. The Morgan fingerprint density at radius 1 is 0.953 bits per heavy atom. The van der Waals surface area contributed by atoms with Gasteiger partial charge in [-0.15, -0.1) is 0 Å². The summed E-state index contributed by atoms with van der Waals surface area (Å²) in [6, 6.07) is 20.4. The van der Waals surface area contributed by atoms with Gasteiger partial charge in [-0.2, -0.15) is 0 Å². The third-order valence-electron chi connectivity index (χ3n) is 6.65. The molecule has 0 radical (unpaired) electrons. The van der Waals surface area contributed by atoms with Crippen molar-refractivity contribution in [2.75, 3.05) is 24.2 Å². The molecule has 0 unspecified atom stereocenters. The fraction of sp³-hybridized carbons (Fsp3) is 0.375. The Balaban J connectivity index is 1.95. The number of nitrogens with zero attached hydrogens (tertiary/aromatic N) is 2. The molecule has 0 aliphatic carbocycles. The molecule has 0 aromatic heterocycles. The van der Waals surface area contributed by atoms with E-state index in [0.29, 0.717) is 27.0 Å². The topological polar surface area (TPSA) is 96.0 Å². The summed E-state index contributed by atoms with van der Waals surface area (Å²) in [5.41, 5.74) is 1.28. The van der Waals surface area contributed by atoms with Crippen LogP contribution in [0, 0.1) is 0 Å². The molecule has 0 fully saturated rings. The van der Waals surface area contributed by atoms with Crippen LogP contribution in [0.2, 0.25) is 10.0 Å². The van der Waals surface area contributed by atoms with Gasteiger partial charge < -0.3 is 15.0 Å². The average Bonchev–Trinajstić information content (AvgIpc) is 2.93. The molecule has 11 heteroatoms. The van der Waals surface area contributed by atoms with Gasteiger partial charge in [-0.1, -0.05) is 65.7 Å². The highest BCUT2D eigenvalue weighted by Crippen LogP contribution is 2.28. The highest BCUT2D eigenvalue weighted by molar-refractivity contribution is 7.92. The number of sulfonamides is 1. The van der Waals surface area contributed by atoms with Crippen LogP contribution in [0.15, 0.2) is 72.8 Å². The standard InChI is InChI=1S/C32H39Cl2N3O5S/c1-32(2,3)35-31(39)29(20-23-12-7-6-8-13-23)36(22-26-27(33)16-10-17-28(26)34)30(38)18-11-19-37(43(5,40)41)24-14-9-15-25(21-24)42-4/h6-10,12-17,21,29H,11,18-20,22H2,1-5H3,(H,35,39)/t29-/m0/s1. The van der Waals surface area contributed by atoms with E-state index in [-0.39, 0.29) is 44.2 Å². The molecule has 0 bridgehead atoms. The first-order valence-corrected chi connectivity index (χ1v) is 16.5. The molecule has 0 saturated heterocycles. The highest BCUT2D eigenvalue weighted by Gasteiger charge is 2.33. The van der Waals surface area contributed by atoms with E-state index in [1.165, 1.54) is 16.3 Å². The Labute approximate surface area is 265 Å². The summed E-state index contributed by atoms with van der Waals surface area (Å²) in [6.07, 6.45) is 1.56. The second-order valence-electron chi connectivity index (χ2n) is 11.3. The lowest BCUT2D eigenvalue weighted by Crippen LogP contribution is -2.54. The van der Waals surface area contributed by atoms with Crippen LogP contribution in [0.25, 0.3) is 0 Å². The fourth-order valence-corrected chi connectivity index (χ4v) is 6.10. The van der Waals surface area contributed by atoms with Crippen molar-refractivity contribution >= 4 is 50.7 Å². The largest absolute Gasteiger partial charge is 0.497 e. The first-order valence-electron chi connectivity index (χ1n) is 13.9. The predicted octanol–water partition coefficient (Wildman–Crippen LogP) is 6.10. The lowest BCUT2D eigenvalue weighted by molar-refractivity contribution is -0.142. The van der Waals surface area contributed by atoms with Gasteiger partial charge in [-0.25, -0.2) is 8.42 Å². The number of nitrogens with one attached hydrogen (secondary N) is 1. The summed E-state index contributed by atoms with van der Waals surface area (Å²) in [7, 11) is -2.15. The lowest BCUT2D eigenvalue weighted by atomic mass is 10.00. The fourth-order valence-electron chi connectivity index (χ4n) is 4.63. The van der Waals surface area contributed by atoms with E-state index >= 15 is 0 Å². The van der Waals surface area contributed by atoms with Crippen LogP contribution in [0.1, 0.15) is 44.7 Å². The minimum atomic E-state index is -3.66. The molecule has 3 aromatic carbocycles. The average molecular weight is 649 g/mol. The van der Waals surface area contributed by atoms with Crippen molar-refractivity contribution in [3.8, 4) is 5.75 Å². The molecule has 0 aliphatic rings. The summed E-state index contributed by atoms with van der Waals surface area (Å²) in [6.45, 7) is 5.67. The van der Waals surface area contributed by atoms with Crippen molar-refractivity contribution in [1.29, 1.82) is 0 Å². The maximum Gasteiger partial charge on any atom is 0.243 e. The Morgan fingerprint density at radius 3 is 2.16 bits per heavy atom. The van der Waals surface area contributed by atoms with E-state index in [4.69, 9.17) is 27.9 Å². The number of hydrogen-bond acceptors (Lipinski definition) is 5. The first-order chi connectivity index (χ1) is 20.2. The molecule has 3 rings (SSSR count). The number of rotatable bonds is 13. The zero-order valence-corrected chi connectivity index (χ0v) is 27.5. The van der Waals surface area contributed by atoms with Crippen molar-refractivity contribution in [2.45, 2.75) is 58.2 Å². The van der Waals surface area contributed by atoms with Crippen LogP contribution < -0.4 is 14.4 Å². The van der Waals surface area contributed by atoms with Gasteiger partial charge in [0.05, 0.1) is 19.1 Å². The number of anilines is 1. The van der Waals surface area contributed by atoms with Crippen molar-refractivity contribution in [2.24, 2.45) is 0 Å². The zero-order chi connectivity index (χ0) is 31.8.